The smallest absolute Gasteiger partial charge is 0.320 e. The fourth-order valence-electron chi connectivity index (χ4n) is 1.34. The molecular formula is C10H8F7N. The Labute approximate surface area is 97.4 Å². The summed E-state index contributed by atoms with van der Waals surface area (Å²) < 4.78 is 86.6. The molecule has 0 aliphatic carbocycles. The van der Waals surface area contributed by atoms with Crippen LogP contribution in [0.2, 0.25) is 0 Å². The SMILES string of the molecule is NC(Cc1ccc(F)cc1C(F)(F)F)C(F)(F)F. The lowest BCUT2D eigenvalue weighted by Gasteiger charge is -2.18. The number of hydrogen-bond donors (Lipinski definition) is 1. The highest BCUT2D eigenvalue weighted by Crippen LogP contribution is 2.34. The third-order valence-electron chi connectivity index (χ3n) is 2.24. The van der Waals surface area contributed by atoms with Crippen molar-refractivity contribution >= 4 is 0 Å². The molecule has 0 aromatic heterocycles. The van der Waals surface area contributed by atoms with E-state index in [0.29, 0.717) is 12.1 Å². The van der Waals surface area contributed by atoms with Crippen LogP contribution in [0.3, 0.4) is 0 Å². The van der Waals surface area contributed by atoms with E-state index < -0.39 is 41.8 Å². The van der Waals surface area contributed by atoms with E-state index in [0.717, 1.165) is 0 Å². The second-order valence-electron chi connectivity index (χ2n) is 3.65. The largest absolute Gasteiger partial charge is 0.416 e. The van der Waals surface area contributed by atoms with Crippen LogP contribution in [0.15, 0.2) is 18.2 Å². The van der Waals surface area contributed by atoms with Gasteiger partial charge in [0, 0.05) is 0 Å². The fourth-order valence-corrected chi connectivity index (χ4v) is 1.34. The van der Waals surface area contributed by atoms with Crippen LogP contribution in [0.4, 0.5) is 30.7 Å². The van der Waals surface area contributed by atoms with Gasteiger partial charge in [0.15, 0.2) is 0 Å². The molecule has 0 radical (unpaired) electrons. The highest BCUT2D eigenvalue weighted by atomic mass is 19.4. The molecule has 0 saturated heterocycles. The Kier molecular flexibility index (Phi) is 3.89. The molecule has 1 unspecified atom stereocenters. The Morgan fingerprint density at radius 2 is 1.61 bits per heavy atom. The van der Waals surface area contributed by atoms with Gasteiger partial charge in [0.2, 0.25) is 0 Å². The number of hydrogen-bond acceptors (Lipinski definition) is 1. The van der Waals surface area contributed by atoms with Gasteiger partial charge in [0.1, 0.15) is 11.9 Å². The van der Waals surface area contributed by atoms with Crippen molar-refractivity contribution < 1.29 is 30.7 Å². The summed E-state index contributed by atoms with van der Waals surface area (Å²) in [6.07, 6.45) is -10.8. The monoisotopic (exact) mass is 275 g/mol. The molecule has 0 bridgehead atoms. The van der Waals surface area contributed by atoms with Gasteiger partial charge in [-0.2, -0.15) is 26.3 Å². The van der Waals surface area contributed by atoms with Crippen LogP contribution in [0.1, 0.15) is 11.1 Å². The van der Waals surface area contributed by atoms with Crippen LogP contribution in [-0.2, 0) is 12.6 Å². The Morgan fingerprint density at radius 3 is 2.06 bits per heavy atom. The molecule has 102 valence electrons. The summed E-state index contributed by atoms with van der Waals surface area (Å²) in [6, 6.07) is -0.959. The van der Waals surface area contributed by atoms with E-state index in [9.17, 15) is 30.7 Å². The van der Waals surface area contributed by atoms with Gasteiger partial charge in [0.05, 0.1) is 5.56 Å². The molecule has 2 N–H and O–H groups in total. The van der Waals surface area contributed by atoms with Crippen molar-refractivity contribution in [3.05, 3.63) is 35.1 Å². The molecule has 0 aliphatic heterocycles. The predicted octanol–water partition coefficient (Wildman–Crippen LogP) is 3.28. The number of nitrogens with two attached hydrogens (primary N) is 1. The van der Waals surface area contributed by atoms with E-state index in [1.165, 1.54) is 0 Å². The maximum atomic E-state index is 12.7. The van der Waals surface area contributed by atoms with Gasteiger partial charge in [-0.1, -0.05) is 6.07 Å². The second kappa shape index (κ2) is 4.75. The van der Waals surface area contributed by atoms with Gasteiger partial charge >= 0.3 is 12.4 Å². The molecule has 0 spiro atoms. The lowest BCUT2D eigenvalue weighted by Crippen LogP contribution is -2.39. The summed E-state index contributed by atoms with van der Waals surface area (Å²) in [5.74, 6) is -1.17. The third kappa shape index (κ3) is 3.59. The van der Waals surface area contributed by atoms with Gasteiger partial charge in [-0.3, -0.25) is 0 Å². The van der Waals surface area contributed by atoms with E-state index in [-0.39, 0.29) is 6.07 Å². The first kappa shape index (κ1) is 14.7. The molecule has 1 rings (SSSR count). The van der Waals surface area contributed by atoms with Gasteiger partial charge in [-0.05, 0) is 24.1 Å². The Hall–Kier alpha value is -1.31. The zero-order valence-electron chi connectivity index (χ0n) is 8.74. The average molecular weight is 275 g/mol. The van der Waals surface area contributed by atoms with Crippen molar-refractivity contribution in [1.82, 2.24) is 0 Å². The van der Waals surface area contributed by atoms with E-state index in [4.69, 9.17) is 5.73 Å². The van der Waals surface area contributed by atoms with Gasteiger partial charge in [0.25, 0.3) is 0 Å². The molecule has 0 fully saturated rings. The molecule has 18 heavy (non-hydrogen) atoms. The minimum absolute atomic E-state index is 0.151. The van der Waals surface area contributed by atoms with Crippen LogP contribution < -0.4 is 5.73 Å². The van der Waals surface area contributed by atoms with Gasteiger partial charge in [-0.15, -0.1) is 0 Å². The first-order chi connectivity index (χ1) is 8.01. The zero-order valence-corrected chi connectivity index (χ0v) is 8.74. The molecule has 0 heterocycles. The topological polar surface area (TPSA) is 26.0 Å². The van der Waals surface area contributed by atoms with Crippen molar-refractivity contribution in [3.63, 3.8) is 0 Å². The lowest BCUT2D eigenvalue weighted by atomic mass is 10.00. The van der Waals surface area contributed by atoms with E-state index in [1.807, 2.05) is 0 Å². The highest BCUT2D eigenvalue weighted by molar-refractivity contribution is 5.31. The lowest BCUT2D eigenvalue weighted by molar-refractivity contribution is -0.149. The maximum absolute atomic E-state index is 12.7. The molecule has 1 nitrogen and oxygen atoms in total. The number of rotatable bonds is 2. The molecule has 0 aliphatic rings. The fraction of sp³-hybridized carbons (Fsp3) is 0.400. The van der Waals surface area contributed by atoms with Crippen molar-refractivity contribution in [2.75, 3.05) is 0 Å². The zero-order chi connectivity index (χ0) is 14.1. The van der Waals surface area contributed by atoms with Crippen LogP contribution in [0.5, 0.6) is 0 Å². The maximum Gasteiger partial charge on any atom is 0.416 e. The summed E-state index contributed by atoms with van der Waals surface area (Å²) >= 11 is 0. The van der Waals surface area contributed by atoms with Crippen molar-refractivity contribution in [1.29, 1.82) is 0 Å². The van der Waals surface area contributed by atoms with Crippen molar-refractivity contribution in [3.8, 4) is 0 Å². The summed E-state index contributed by atoms with van der Waals surface area (Å²) in [4.78, 5) is 0. The third-order valence-corrected chi connectivity index (χ3v) is 2.24. The van der Waals surface area contributed by atoms with Gasteiger partial charge < -0.3 is 5.73 Å². The van der Waals surface area contributed by atoms with Crippen molar-refractivity contribution in [2.45, 2.75) is 24.8 Å². The molecular weight excluding hydrogens is 267 g/mol. The van der Waals surface area contributed by atoms with Crippen LogP contribution in [0.25, 0.3) is 0 Å². The van der Waals surface area contributed by atoms with Gasteiger partial charge in [-0.25, -0.2) is 4.39 Å². The number of benzene rings is 1. The second-order valence-corrected chi connectivity index (χ2v) is 3.65. The van der Waals surface area contributed by atoms with E-state index >= 15 is 0 Å². The number of alkyl halides is 6. The first-order valence-electron chi connectivity index (χ1n) is 4.69. The molecule has 8 heteroatoms. The highest BCUT2D eigenvalue weighted by Gasteiger charge is 2.39. The van der Waals surface area contributed by atoms with Crippen molar-refractivity contribution in [2.24, 2.45) is 5.73 Å². The van der Waals surface area contributed by atoms with Crippen LogP contribution in [-0.4, -0.2) is 12.2 Å². The van der Waals surface area contributed by atoms with E-state index in [2.05, 4.69) is 0 Å². The minimum atomic E-state index is -4.93. The Bertz CT molecular complexity index is 421. The average Bonchev–Trinajstić information content (AvgIpc) is 2.17. The Morgan fingerprint density at radius 1 is 1.06 bits per heavy atom. The summed E-state index contributed by atoms with van der Waals surface area (Å²) in [5, 5.41) is 0. The standard InChI is InChI=1S/C10H8F7N/c11-6-2-1-5(3-8(18)10(15,16)17)7(4-6)9(12,13)14/h1-2,4,8H,3,18H2. The summed E-state index contributed by atoms with van der Waals surface area (Å²) in [7, 11) is 0. The summed E-state index contributed by atoms with van der Waals surface area (Å²) in [6.45, 7) is 0. The predicted molar refractivity (Wildman–Crippen MR) is 49.1 cm³/mol. The quantitative estimate of drug-likeness (QED) is 0.823. The normalized spacial score (nSPS) is 14.7. The van der Waals surface area contributed by atoms with E-state index in [1.54, 1.807) is 0 Å². The molecule has 0 saturated carbocycles. The Balaban J connectivity index is 3.10. The number of halogens is 7. The molecule has 1 atom stereocenters. The minimum Gasteiger partial charge on any atom is -0.320 e. The molecule has 1 aromatic carbocycles. The van der Waals surface area contributed by atoms with Crippen LogP contribution >= 0.6 is 0 Å². The first-order valence-corrected chi connectivity index (χ1v) is 4.69. The molecule has 1 aromatic rings. The van der Waals surface area contributed by atoms with Crippen LogP contribution in [0, 0.1) is 5.82 Å². The molecule has 0 amide bonds. The summed E-state index contributed by atoms with van der Waals surface area (Å²) in [5.41, 5.74) is 2.62.